The van der Waals surface area contributed by atoms with Gasteiger partial charge in [0.25, 0.3) is 5.91 Å². The first-order valence-electron chi connectivity index (χ1n) is 7.22. The molecule has 1 aromatic heterocycles. The second kappa shape index (κ2) is 8.02. The van der Waals surface area contributed by atoms with Gasteiger partial charge in [-0.2, -0.15) is 0 Å². The van der Waals surface area contributed by atoms with Crippen molar-refractivity contribution in [2.75, 3.05) is 7.11 Å². The van der Waals surface area contributed by atoms with Gasteiger partial charge >= 0.3 is 0 Å². The largest absolute Gasteiger partial charge is 0.493 e. The quantitative estimate of drug-likeness (QED) is 0.853. The summed E-state index contributed by atoms with van der Waals surface area (Å²) in [4.78, 5) is 16.4. The van der Waals surface area contributed by atoms with Crippen LogP contribution in [0.5, 0.6) is 11.5 Å². The third kappa shape index (κ3) is 4.22. The predicted octanol–water partition coefficient (Wildman–Crippen LogP) is 2.56. The number of hydrogen-bond donors (Lipinski definition) is 1. The lowest BCUT2D eigenvalue weighted by atomic mass is 10.2. The number of carbonyl (C=O) groups excluding carboxylic acids is 1. The highest BCUT2D eigenvalue weighted by atomic mass is 16.5. The summed E-state index contributed by atoms with van der Waals surface area (Å²) >= 11 is 0. The fourth-order valence-electron chi connectivity index (χ4n) is 1.99. The number of methoxy groups -OCH3 is 1. The molecule has 1 unspecified atom stereocenters. The molecule has 0 spiro atoms. The molecule has 1 N–H and O–H groups in total. The standard InChI is InChI=1S/C17H20N2O3/c1-3-14(22-16-10-5-4-9-15(16)21-2)17(20)19-12-13-8-6-7-11-18-13/h4-11,14H,3,12H2,1-2H3,(H,19,20). The molecule has 0 radical (unpaired) electrons. The number of hydrogen-bond acceptors (Lipinski definition) is 4. The van der Waals surface area contributed by atoms with Crippen LogP contribution in [0.15, 0.2) is 48.7 Å². The summed E-state index contributed by atoms with van der Waals surface area (Å²) in [5, 5.41) is 2.84. The Morgan fingerprint density at radius 2 is 1.91 bits per heavy atom. The van der Waals surface area contributed by atoms with Gasteiger partial charge in [0, 0.05) is 6.20 Å². The number of aromatic nitrogens is 1. The number of carbonyl (C=O) groups is 1. The Morgan fingerprint density at radius 1 is 1.18 bits per heavy atom. The van der Waals surface area contributed by atoms with Gasteiger partial charge in [-0.1, -0.05) is 25.1 Å². The molecule has 0 aliphatic rings. The Hall–Kier alpha value is -2.56. The zero-order valence-electron chi connectivity index (χ0n) is 12.8. The van der Waals surface area contributed by atoms with Crippen LogP contribution in [0, 0.1) is 0 Å². The van der Waals surface area contributed by atoms with Crippen LogP contribution in [-0.2, 0) is 11.3 Å². The van der Waals surface area contributed by atoms with E-state index < -0.39 is 6.10 Å². The summed E-state index contributed by atoms with van der Waals surface area (Å²) in [5.41, 5.74) is 0.808. The van der Waals surface area contributed by atoms with Crippen molar-refractivity contribution < 1.29 is 14.3 Å². The summed E-state index contributed by atoms with van der Waals surface area (Å²) in [6, 6.07) is 12.9. The maximum Gasteiger partial charge on any atom is 0.261 e. The van der Waals surface area contributed by atoms with Crippen LogP contribution < -0.4 is 14.8 Å². The fraction of sp³-hybridized carbons (Fsp3) is 0.294. The Labute approximate surface area is 130 Å². The van der Waals surface area contributed by atoms with Crippen LogP contribution in [0.4, 0.5) is 0 Å². The lowest BCUT2D eigenvalue weighted by Gasteiger charge is -2.18. The highest BCUT2D eigenvalue weighted by Crippen LogP contribution is 2.27. The Bertz CT molecular complexity index is 602. The molecule has 1 aromatic carbocycles. The van der Waals surface area contributed by atoms with Crippen LogP contribution in [0.2, 0.25) is 0 Å². The number of amides is 1. The Balaban J connectivity index is 1.97. The Morgan fingerprint density at radius 3 is 2.55 bits per heavy atom. The molecule has 0 saturated carbocycles. The highest BCUT2D eigenvalue weighted by Gasteiger charge is 2.19. The van der Waals surface area contributed by atoms with E-state index in [1.165, 1.54) is 0 Å². The zero-order chi connectivity index (χ0) is 15.8. The van der Waals surface area contributed by atoms with Crippen molar-refractivity contribution in [2.45, 2.75) is 26.0 Å². The van der Waals surface area contributed by atoms with Gasteiger partial charge in [-0.3, -0.25) is 9.78 Å². The number of rotatable bonds is 7. The van der Waals surface area contributed by atoms with E-state index in [2.05, 4.69) is 10.3 Å². The van der Waals surface area contributed by atoms with Crippen molar-refractivity contribution in [1.82, 2.24) is 10.3 Å². The lowest BCUT2D eigenvalue weighted by molar-refractivity contribution is -0.128. The SMILES string of the molecule is CCC(Oc1ccccc1OC)C(=O)NCc1ccccn1. The predicted molar refractivity (Wildman–Crippen MR) is 83.8 cm³/mol. The van der Waals surface area contributed by atoms with E-state index in [4.69, 9.17) is 9.47 Å². The maximum absolute atomic E-state index is 12.2. The molecule has 22 heavy (non-hydrogen) atoms. The average molecular weight is 300 g/mol. The molecular formula is C17H20N2O3. The molecular weight excluding hydrogens is 280 g/mol. The summed E-state index contributed by atoms with van der Waals surface area (Å²) in [5.74, 6) is 1.00. The van der Waals surface area contributed by atoms with Crippen LogP contribution in [0.25, 0.3) is 0 Å². The van der Waals surface area contributed by atoms with Crippen LogP contribution in [0.1, 0.15) is 19.0 Å². The molecule has 0 aliphatic carbocycles. The summed E-state index contributed by atoms with van der Waals surface area (Å²) in [6.07, 6.45) is 1.69. The number of pyridine rings is 1. The van der Waals surface area contributed by atoms with Gasteiger partial charge in [-0.25, -0.2) is 0 Å². The second-order valence-electron chi connectivity index (χ2n) is 4.70. The van der Waals surface area contributed by atoms with E-state index >= 15 is 0 Å². The van der Waals surface area contributed by atoms with Gasteiger partial charge in [0.15, 0.2) is 17.6 Å². The first-order valence-corrected chi connectivity index (χ1v) is 7.22. The molecule has 1 heterocycles. The molecule has 0 saturated heterocycles. The van der Waals surface area contributed by atoms with Crippen molar-refractivity contribution in [1.29, 1.82) is 0 Å². The molecule has 2 rings (SSSR count). The number of benzene rings is 1. The van der Waals surface area contributed by atoms with Crippen LogP contribution >= 0.6 is 0 Å². The molecule has 1 atom stereocenters. The Kier molecular flexibility index (Phi) is 5.77. The normalized spacial score (nSPS) is 11.5. The van der Waals surface area contributed by atoms with Crippen molar-refractivity contribution in [3.05, 3.63) is 54.4 Å². The van der Waals surface area contributed by atoms with E-state index in [9.17, 15) is 4.79 Å². The summed E-state index contributed by atoms with van der Waals surface area (Å²) in [6.45, 7) is 2.28. The van der Waals surface area contributed by atoms with E-state index in [-0.39, 0.29) is 5.91 Å². The third-order valence-electron chi connectivity index (χ3n) is 3.17. The second-order valence-corrected chi connectivity index (χ2v) is 4.70. The number of nitrogens with zero attached hydrogens (tertiary/aromatic N) is 1. The summed E-state index contributed by atoms with van der Waals surface area (Å²) in [7, 11) is 1.57. The molecule has 116 valence electrons. The number of ether oxygens (including phenoxy) is 2. The maximum atomic E-state index is 12.2. The van der Waals surface area contributed by atoms with Crippen LogP contribution in [-0.4, -0.2) is 24.1 Å². The minimum Gasteiger partial charge on any atom is -0.493 e. The van der Waals surface area contributed by atoms with Gasteiger partial charge in [0.2, 0.25) is 0 Å². The fourth-order valence-corrected chi connectivity index (χ4v) is 1.99. The van der Waals surface area contributed by atoms with Crippen molar-refractivity contribution in [3.63, 3.8) is 0 Å². The molecule has 0 aliphatic heterocycles. The van der Waals surface area contributed by atoms with Gasteiger partial charge in [-0.05, 0) is 30.7 Å². The zero-order valence-corrected chi connectivity index (χ0v) is 12.8. The lowest BCUT2D eigenvalue weighted by Crippen LogP contribution is -2.37. The van der Waals surface area contributed by atoms with Crippen molar-refractivity contribution in [2.24, 2.45) is 0 Å². The van der Waals surface area contributed by atoms with E-state index in [1.807, 2.05) is 37.3 Å². The minimum atomic E-state index is -0.569. The number of para-hydroxylation sites is 2. The van der Waals surface area contributed by atoms with Gasteiger partial charge in [0.05, 0.1) is 19.3 Å². The molecule has 1 amide bonds. The first kappa shape index (κ1) is 15.8. The average Bonchev–Trinajstić information content (AvgIpc) is 2.58. The van der Waals surface area contributed by atoms with E-state index in [0.717, 1.165) is 5.69 Å². The van der Waals surface area contributed by atoms with Gasteiger partial charge in [0.1, 0.15) is 0 Å². The van der Waals surface area contributed by atoms with E-state index in [0.29, 0.717) is 24.5 Å². The van der Waals surface area contributed by atoms with Gasteiger partial charge < -0.3 is 14.8 Å². The highest BCUT2D eigenvalue weighted by molar-refractivity contribution is 5.81. The monoisotopic (exact) mass is 300 g/mol. The molecule has 2 aromatic rings. The van der Waals surface area contributed by atoms with Crippen molar-refractivity contribution in [3.8, 4) is 11.5 Å². The third-order valence-corrected chi connectivity index (χ3v) is 3.17. The molecule has 0 fully saturated rings. The van der Waals surface area contributed by atoms with Gasteiger partial charge in [-0.15, -0.1) is 0 Å². The first-order chi connectivity index (χ1) is 10.7. The smallest absolute Gasteiger partial charge is 0.261 e. The topological polar surface area (TPSA) is 60.5 Å². The van der Waals surface area contributed by atoms with Crippen LogP contribution in [0.3, 0.4) is 0 Å². The van der Waals surface area contributed by atoms with Crippen molar-refractivity contribution >= 4 is 5.91 Å². The summed E-state index contributed by atoms with van der Waals surface area (Å²) < 4.78 is 11.0. The molecule has 0 bridgehead atoms. The molecule has 5 nitrogen and oxygen atoms in total. The number of nitrogens with one attached hydrogen (secondary N) is 1. The minimum absolute atomic E-state index is 0.168. The molecule has 5 heteroatoms. The van der Waals surface area contributed by atoms with E-state index in [1.54, 1.807) is 25.4 Å².